The number of rotatable bonds is 4. The van der Waals surface area contributed by atoms with E-state index in [1.807, 2.05) is 43.3 Å². The molecular weight excluding hydrogens is 412 g/mol. The Morgan fingerprint density at radius 1 is 0.968 bits per heavy atom. The monoisotopic (exact) mass is 436 g/mol. The highest BCUT2D eigenvalue weighted by molar-refractivity contribution is 7.90. The number of hydrogen-bond acceptors (Lipinski definition) is 6. The summed E-state index contributed by atoms with van der Waals surface area (Å²) >= 11 is 0. The lowest BCUT2D eigenvalue weighted by molar-refractivity contribution is 0.0745. The Morgan fingerprint density at radius 3 is 2.35 bits per heavy atom. The molecule has 2 aromatic carbocycles. The first kappa shape index (κ1) is 21.0. The molecule has 160 valence electrons. The van der Waals surface area contributed by atoms with Gasteiger partial charge in [-0.1, -0.05) is 36.4 Å². The molecule has 0 saturated carbocycles. The highest BCUT2D eigenvalue weighted by Gasteiger charge is 2.25. The molecule has 4 rings (SSSR count). The minimum atomic E-state index is -3.37. The highest BCUT2D eigenvalue weighted by atomic mass is 32.2. The van der Waals surface area contributed by atoms with Gasteiger partial charge in [-0.2, -0.15) is 0 Å². The maximum atomic E-state index is 13.1. The second-order valence-electron chi connectivity index (χ2n) is 7.63. The minimum Gasteiger partial charge on any atom is -0.353 e. The van der Waals surface area contributed by atoms with E-state index in [0.717, 1.165) is 23.2 Å². The van der Waals surface area contributed by atoms with Gasteiger partial charge in [-0.3, -0.25) is 4.79 Å². The summed E-state index contributed by atoms with van der Waals surface area (Å²) in [6.45, 7) is 4.17. The molecule has 0 aliphatic carbocycles. The third-order valence-corrected chi connectivity index (χ3v) is 6.54. The number of benzene rings is 2. The van der Waals surface area contributed by atoms with Gasteiger partial charge in [0, 0.05) is 49.8 Å². The Kier molecular flexibility index (Phi) is 5.73. The number of aryl methyl sites for hydroxylation is 1. The van der Waals surface area contributed by atoms with E-state index in [2.05, 4.69) is 9.88 Å². The molecule has 0 atom stereocenters. The van der Waals surface area contributed by atoms with Gasteiger partial charge in [0.1, 0.15) is 5.82 Å². The molecule has 1 aliphatic heterocycles. The lowest BCUT2D eigenvalue weighted by atomic mass is 10.1. The van der Waals surface area contributed by atoms with Gasteiger partial charge >= 0.3 is 0 Å². The average molecular weight is 437 g/mol. The molecule has 0 bridgehead atoms. The van der Waals surface area contributed by atoms with Crippen molar-refractivity contribution in [2.45, 2.75) is 11.8 Å². The van der Waals surface area contributed by atoms with Crippen LogP contribution in [0, 0.1) is 6.92 Å². The zero-order valence-corrected chi connectivity index (χ0v) is 18.3. The lowest BCUT2D eigenvalue weighted by Crippen LogP contribution is -2.49. The van der Waals surface area contributed by atoms with E-state index in [-0.39, 0.29) is 10.8 Å². The quantitative estimate of drug-likeness (QED) is 0.625. The molecule has 0 unspecified atom stereocenters. The Morgan fingerprint density at radius 2 is 1.68 bits per heavy atom. The molecule has 1 aliphatic rings. The van der Waals surface area contributed by atoms with E-state index in [4.69, 9.17) is 4.98 Å². The summed E-state index contributed by atoms with van der Waals surface area (Å²) in [5, 5.41) is 0. The van der Waals surface area contributed by atoms with Crippen LogP contribution in [0.5, 0.6) is 0 Å². The summed E-state index contributed by atoms with van der Waals surface area (Å²) in [6.07, 6.45) is 2.90. The van der Waals surface area contributed by atoms with Crippen molar-refractivity contribution in [1.29, 1.82) is 0 Å². The van der Waals surface area contributed by atoms with Crippen LogP contribution in [0.2, 0.25) is 0 Å². The number of piperazine rings is 1. The van der Waals surface area contributed by atoms with Gasteiger partial charge in [0.25, 0.3) is 5.91 Å². The first-order valence-corrected chi connectivity index (χ1v) is 12.0. The number of anilines is 1. The lowest BCUT2D eigenvalue weighted by Gasteiger charge is -2.35. The van der Waals surface area contributed by atoms with Crippen LogP contribution in [0.3, 0.4) is 0 Å². The summed E-state index contributed by atoms with van der Waals surface area (Å²) < 4.78 is 23.8. The molecule has 8 heteroatoms. The van der Waals surface area contributed by atoms with E-state index in [9.17, 15) is 13.2 Å². The van der Waals surface area contributed by atoms with E-state index in [0.29, 0.717) is 37.6 Å². The molecule has 1 saturated heterocycles. The minimum absolute atomic E-state index is 0.143. The molecule has 7 nitrogen and oxygen atoms in total. The summed E-state index contributed by atoms with van der Waals surface area (Å²) in [7, 11) is -3.37. The van der Waals surface area contributed by atoms with Gasteiger partial charge in [0.15, 0.2) is 15.7 Å². The fourth-order valence-electron chi connectivity index (χ4n) is 3.62. The van der Waals surface area contributed by atoms with E-state index in [1.165, 1.54) is 6.07 Å². The van der Waals surface area contributed by atoms with Crippen molar-refractivity contribution in [2.24, 2.45) is 0 Å². The molecule has 1 aromatic heterocycles. The van der Waals surface area contributed by atoms with Crippen LogP contribution in [-0.2, 0) is 9.84 Å². The van der Waals surface area contributed by atoms with Crippen molar-refractivity contribution in [2.75, 3.05) is 37.3 Å². The zero-order chi connectivity index (χ0) is 22.0. The van der Waals surface area contributed by atoms with Crippen LogP contribution in [0.15, 0.2) is 65.7 Å². The SMILES string of the molecule is Cc1ccc(S(C)(=O)=O)cc1C(=O)N1CCN(c2ccnc(-c3ccccc3)n2)CC1. The van der Waals surface area contributed by atoms with Crippen molar-refractivity contribution in [3.05, 3.63) is 71.9 Å². The van der Waals surface area contributed by atoms with Crippen LogP contribution in [-0.4, -0.2) is 61.6 Å². The molecule has 1 fully saturated rings. The third-order valence-electron chi connectivity index (χ3n) is 5.43. The second kappa shape index (κ2) is 8.47. The molecule has 0 N–H and O–H groups in total. The van der Waals surface area contributed by atoms with Crippen LogP contribution >= 0.6 is 0 Å². The maximum Gasteiger partial charge on any atom is 0.254 e. The van der Waals surface area contributed by atoms with E-state index < -0.39 is 9.84 Å². The predicted octanol–water partition coefficient (Wildman–Crippen LogP) is 2.82. The number of nitrogens with zero attached hydrogens (tertiary/aromatic N) is 4. The smallest absolute Gasteiger partial charge is 0.254 e. The molecule has 3 aromatic rings. The summed E-state index contributed by atoms with van der Waals surface area (Å²) in [5.74, 6) is 1.36. The normalized spacial score (nSPS) is 14.5. The van der Waals surface area contributed by atoms with Crippen molar-refractivity contribution >= 4 is 21.6 Å². The van der Waals surface area contributed by atoms with Crippen molar-refractivity contribution in [3.63, 3.8) is 0 Å². The highest BCUT2D eigenvalue weighted by Crippen LogP contribution is 2.21. The van der Waals surface area contributed by atoms with Crippen molar-refractivity contribution in [1.82, 2.24) is 14.9 Å². The van der Waals surface area contributed by atoms with Gasteiger partial charge < -0.3 is 9.80 Å². The Hall–Kier alpha value is -3.26. The van der Waals surface area contributed by atoms with Crippen LogP contribution in [0.4, 0.5) is 5.82 Å². The summed E-state index contributed by atoms with van der Waals surface area (Å²) in [6, 6.07) is 16.4. The van der Waals surface area contributed by atoms with Gasteiger partial charge in [-0.25, -0.2) is 18.4 Å². The van der Waals surface area contributed by atoms with Crippen molar-refractivity contribution in [3.8, 4) is 11.4 Å². The van der Waals surface area contributed by atoms with Gasteiger partial charge in [-0.15, -0.1) is 0 Å². The molecule has 0 spiro atoms. The van der Waals surface area contributed by atoms with Crippen molar-refractivity contribution < 1.29 is 13.2 Å². The number of sulfone groups is 1. The number of hydrogen-bond donors (Lipinski definition) is 0. The first-order valence-electron chi connectivity index (χ1n) is 10.1. The largest absolute Gasteiger partial charge is 0.353 e. The topological polar surface area (TPSA) is 83.5 Å². The Bertz CT molecular complexity index is 1200. The molecule has 2 heterocycles. The number of carbonyl (C=O) groups is 1. The molecule has 0 radical (unpaired) electrons. The predicted molar refractivity (Wildman–Crippen MR) is 120 cm³/mol. The second-order valence-corrected chi connectivity index (χ2v) is 9.65. The van der Waals surface area contributed by atoms with Crippen LogP contribution < -0.4 is 4.90 Å². The van der Waals surface area contributed by atoms with E-state index in [1.54, 1.807) is 23.2 Å². The molecule has 1 amide bonds. The molecule has 31 heavy (non-hydrogen) atoms. The standard InChI is InChI=1S/C23H24N4O3S/c1-17-8-9-19(31(2,29)30)16-20(17)23(28)27-14-12-26(13-15-27)21-10-11-24-22(25-21)18-6-4-3-5-7-18/h3-11,16H,12-15H2,1-2H3. The fraction of sp³-hybridized carbons (Fsp3) is 0.261. The Labute approximate surface area is 182 Å². The van der Waals surface area contributed by atoms with Crippen LogP contribution in [0.1, 0.15) is 15.9 Å². The number of amides is 1. The van der Waals surface area contributed by atoms with Gasteiger partial charge in [0.2, 0.25) is 0 Å². The Balaban J connectivity index is 1.48. The third kappa shape index (κ3) is 4.59. The summed E-state index contributed by atoms with van der Waals surface area (Å²) in [4.78, 5) is 26.2. The van der Waals surface area contributed by atoms with E-state index >= 15 is 0 Å². The zero-order valence-electron chi connectivity index (χ0n) is 17.5. The molecular formula is C23H24N4O3S. The van der Waals surface area contributed by atoms with Gasteiger partial charge in [0.05, 0.1) is 4.90 Å². The average Bonchev–Trinajstić information content (AvgIpc) is 2.79. The van der Waals surface area contributed by atoms with Gasteiger partial charge in [-0.05, 0) is 30.7 Å². The first-order chi connectivity index (χ1) is 14.8. The fourth-order valence-corrected chi connectivity index (χ4v) is 4.27. The number of carbonyl (C=O) groups excluding carboxylic acids is 1. The number of aromatic nitrogens is 2. The van der Waals surface area contributed by atoms with Crippen LogP contribution in [0.25, 0.3) is 11.4 Å². The maximum absolute atomic E-state index is 13.1. The summed E-state index contributed by atoms with van der Waals surface area (Å²) in [5.41, 5.74) is 2.16.